The minimum atomic E-state index is -0.959. The van der Waals surface area contributed by atoms with Gasteiger partial charge < -0.3 is 5.11 Å². The second-order valence-electron chi connectivity index (χ2n) is 2.96. The van der Waals surface area contributed by atoms with E-state index in [-0.39, 0.29) is 0 Å². The molecule has 0 saturated heterocycles. The third kappa shape index (κ3) is 2.99. The third-order valence-electron chi connectivity index (χ3n) is 1.00. The Balaban J connectivity index is 2.80. The first-order valence-electron chi connectivity index (χ1n) is 3.53. The Morgan fingerprint density at radius 1 is 1.50 bits per heavy atom. The molecule has 1 N–H and O–H groups in total. The molecule has 0 aliphatic heterocycles. The first-order chi connectivity index (χ1) is 5.47. The van der Waals surface area contributed by atoms with Crippen molar-refractivity contribution >= 4 is 11.5 Å². The molecule has 4 heteroatoms. The molecule has 1 aromatic rings. The Morgan fingerprint density at radius 2 is 2.17 bits per heavy atom. The van der Waals surface area contributed by atoms with Gasteiger partial charge in [-0.05, 0) is 38.2 Å². The van der Waals surface area contributed by atoms with Gasteiger partial charge in [-0.15, -0.1) is 0 Å². The van der Waals surface area contributed by atoms with E-state index < -0.39 is 5.60 Å². The first kappa shape index (κ1) is 9.17. The predicted octanol–water partition coefficient (Wildman–Crippen LogP) is 0.969. The standard InChI is InChI=1S/C8H10N2OS/c1-6-9-7(12-10-6)4-5-8(2,3)11/h11H,1-3H3. The van der Waals surface area contributed by atoms with Crippen LogP contribution in [0.5, 0.6) is 0 Å². The van der Waals surface area contributed by atoms with Crippen molar-refractivity contribution < 1.29 is 5.11 Å². The minimum absolute atomic E-state index is 0.648. The van der Waals surface area contributed by atoms with Crippen LogP contribution in [0.3, 0.4) is 0 Å². The van der Waals surface area contributed by atoms with Crippen molar-refractivity contribution in [1.29, 1.82) is 0 Å². The van der Waals surface area contributed by atoms with Gasteiger partial charge in [0.05, 0.1) is 0 Å². The summed E-state index contributed by atoms with van der Waals surface area (Å²) in [6.45, 7) is 5.08. The van der Waals surface area contributed by atoms with E-state index in [4.69, 9.17) is 0 Å². The summed E-state index contributed by atoms with van der Waals surface area (Å²) >= 11 is 1.24. The Labute approximate surface area is 75.6 Å². The quantitative estimate of drug-likeness (QED) is 0.608. The molecule has 0 unspecified atom stereocenters. The number of aromatic nitrogens is 2. The third-order valence-corrected chi connectivity index (χ3v) is 1.72. The van der Waals surface area contributed by atoms with Crippen molar-refractivity contribution in [2.24, 2.45) is 0 Å². The van der Waals surface area contributed by atoms with Crippen LogP contribution in [0.4, 0.5) is 0 Å². The molecule has 0 aliphatic carbocycles. The van der Waals surface area contributed by atoms with E-state index in [2.05, 4.69) is 21.2 Å². The predicted molar refractivity (Wildman–Crippen MR) is 47.8 cm³/mol. The van der Waals surface area contributed by atoms with Crippen molar-refractivity contribution in [3.05, 3.63) is 10.8 Å². The zero-order valence-corrected chi connectivity index (χ0v) is 8.07. The molecule has 0 aromatic carbocycles. The largest absolute Gasteiger partial charge is 0.378 e. The van der Waals surface area contributed by atoms with Crippen LogP contribution in [0.1, 0.15) is 24.7 Å². The van der Waals surface area contributed by atoms with Crippen molar-refractivity contribution in [2.75, 3.05) is 0 Å². The number of hydrogen-bond donors (Lipinski definition) is 1. The van der Waals surface area contributed by atoms with E-state index in [0.717, 1.165) is 5.82 Å². The summed E-state index contributed by atoms with van der Waals surface area (Å²) in [5, 5.41) is 9.92. The van der Waals surface area contributed by atoms with Gasteiger partial charge in [0.25, 0.3) is 0 Å². The van der Waals surface area contributed by atoms with E-state index >= 15 is 0 Å². The number of rotatable bonds is 0. The molecule has 0 fully saturated rings. The number of aryl methyl sites for hydroxylation is 1. The van der Waals surface area contributed by atoms with Crippen LogP contribution in [-0.4, -0.2) is 20.1 Å². The number of nitrogens with zero attached hydrogens (tertiary/aromatic N) is 2. The summed E-state index contributed by atoms with van der Waals surface area (Å²) in [4.78, 5) is 4.04. The molecule has 0 saturated carbocycles. The van der Waals surface area contributed by atoms with Crippen LogP contribution in [0, 0.1) is 18.8 Å². The van der Waals surface area contributed by atoms with Gasteiger partial charge in [-0.1, -0.05) is 5.92 Å². The van der Waals surface area contributed by atoms with Crippen LogP contribution < -0.4 is 0 Å². The van der Waals surface area contributed by atoms with Crippen molar-refractivity contribution in [3.63, 3.8) is 0 Å². The topological polar surface area (TPSA) is 46.0 Å². The zero-order valence-electron chi connectivity index (χ0n) is 7.25. The lowest BCUT2D eigenvalue weighted by molar-refractivity contribution is 0.143. The summed E-state index contributed by atoms with van der Waals surface area (Å²) in [5.74, 6) is 6.14. The van der Waals surface area contributed by atoms with Gasteiger partial charge in [-0.2, -0.15) is 4.37 Å². The normalized spacial score (nSPS) is 10.7. The first-order valence-corrected chi connectivity index (χ1v) is 4.30. The minimum Gasteiger partial charge on any atom is -0.378 e. The van der Waals surface area contributed by atoms with E-state index in [0.29, 0.717) is 5.01 Å². The molecule has 1 heterocycles. The van der Waals surface area contributed by atoms with Gasteiger partial charge in [0, 0.05) is 0 Å². The van der Waals surface area contributed by atoms with Crippen LogP contribution in [0.15, 0.2) is 0 Å². The molecule has 0 atom stereocenters. The summed E-state index contributed by atoms with van der Waals surface area (Å²) in [6, 6.07) is 0. The highest BCUT2D eigenvalue weighted by Gasteiger charge is 2.06. The Kier molecular flexibility index (Phi) is 2.46. The van der Waals surface area contributed by atoms with E-state index in [1.165, 1.54) is 11.5 Å². The van der Waals surface area contributed by atoms with Gasteiger partial charge in [-0.3, -0.25) is 0 Å². The maximum absolute atomic E-state index is 9.27. The fourth-order valence-electron chi connectivity index (χ4n) is 0.554. The molecular weight excluding hydrogens is 172 g/mol. The fourth-order valence-corrected chi connectivity index (χ4v) is 1.08. The SMILES string of the molecule is Cc1nsc(C#CC(C)(C)O)n1. The molecule has 12 heavy (non-hydrogen) atoms. The second-order valence-corrected chi connectivity index (χ2v) is 3.71. The molecule has 1 rings (SSSR count). The van der Waals surface area contributed by atoms with Crippen molar-refractivity contribution in [3.8, 4) is 11.8 Å². The van der Waals surface area contributed by atoms with Crippen LogP contribution in [-0.2, 0) is 0 Å². The van der Waals surface area contributed by atoms with Gasteiger partial charge in [0.2, 0.25) is 0 Å². The van der Waals surface area contributed by atoms with Crippen LogP contribution in [0.2, 0.25) is 0 Å². The van der Waals surface area contributed by atoms with E-state index in [1.54, 1.807) is 13.8 Å². The lowest BCUT2D eigenvalue weighted by Gasteiger charge is -2.04. The molecular formula is C8H10N2OS. The summed E-state index contributed by atoms with van der Waals surface area (Å²) in [7, 11) is 0. The summed E-state index contributed by atoms with van der Waals surface area (Å²) in [5.41, 5.74) is -0.959. The molecule has 1 aromatic heterocycles. The van der Waals surface area contributed by atoms with Crippen LogP contribution in [0.25, 0.3) is 0 Å². The van der Waals surface area contributed by atoms with Gasteiger partial charge in [0.15, 0.2) is 5.01 Å². The molecule has 3 nitrogen and oxygen atoms in total. The maximum atomic E-state index is 9.27. The lowest BCUT2D eigenvalue weighted by Crippen LogP contribution is -2.14. The Bertz CT molecular complexity index is 327. The molecule has 0 radical (unpaired) electrons. The molecule has 0 aliphatic rings. The highest BCUT2D eigenvalue weighted by atomic mass is 32.1. The average Bonchev–Trinajstić information content (AvgIpc) is 2.30. The lowest BCUT2D eigenvalue weighted by atomic mass is 10.1. The average molecular weight is 182 g/mol. The molecule has 0 amide bonds. The van der Waals surface area contributed by atoms with E-state index in [1.807, 2.05) is 6.92 Å². The van der Waals surface area contributed by atoms with Crippen molar-refractivity contribution in [2.45, 2.75) is 26.4 Å². The second kappa shape index (κ2) is 3.21. The van der Waals surface area contributed by atoms with Crippen molar-refractivity contribution in [1.82, 2.24) is 9.36 Å². The number of aliphatic hydroxyl groups is 1. The highest BCUT2D eigenvalue weighted by molar-refractivity contribution is 7.06. The number of hydrogen-bond acceptors (Lipinski definition) is 4. The van der Waals surface area contributed by atoms with E-state index in [9.17, 15) is 5.11 Å². The molecule has 64 valence electrons. The van der Waals surface area contributed by atoms with Crippen LogP contribution >= 0.6 is 11.5 Å². The monoisotopic (exact) mass is 182 g/mol. The zero-order chi connectivity index (χ0) is 9.19. The summed E-state index contributed by atoms with van der Waals surface area (Å²) < 4.78 is 3.96. The summed E-state index contributed by atoms with van der Waals surface area (Å²) in [6.07, 6.45) is 0. The Morgan fingerprint density at radius 3 is 2.58 bits per heavy atom. The van der Waals surface area contributed by atoms with Gasteiger partial charge in [0.1, 0.15) is 11.4 Å². The molecule has 0 spiro atoms. The Hall–Kier alpha value is -0.920. The van der Waals surface area contributed by atoms with Gasteiger partial charge in [-0.25, -0.2) is 4.98 Å². The smallest absolute Gasteiger partial charge is 0.186 e. The van der Waals surface area contributed by atoms with Gasteiger partial charge >= 0.3 is 0 Å². The fraction of sp³-hybridized carbons (Fsp3) is 0.500. The highest BCUT2D eigenvalue weighted by Crippen LogP contribution is 2.03. The maximum Gasteiger partial charge on any atom is 0.186 e. The molecule has 0 bridgehead atoms.